The van der Waals surface area contributed by atoms with Gasteiger partial charge in [0.25, 0.3) is 0 Å². The summed E-state index contributed by atoms with van der Waals surface area (Å²) in [5.74, 6) is -0.193. The second kappa shape index (κ2) is 8.58. The Kier molecular flexibility index (Phi) is 7.08. The van der Waals surface area contributed by atoms with E-state index in [-0.39, 0.29) is 24.5 Å². The largest absolute Gasteiger partial charge is 0.355 e. The van der Waals surface area contributed by atoms with Gasteiger partial charge in [0.2, 0.25) is 5.91 Å². The standard InChI is InChI=1S/C14H20BrN3O2/c1-3-16-13(19)9-17-14(20)18-10(2)8-11-6-4-5-7-12(11)15/h4-7,10H,3,8-9H2,1-2H3,(H,16,19)(H2,17,18,20)/t10-/m0/s1. The maximum atomic E-state index is 11.6. The van der Waals surface area contributed by atoms with Crippen molar-refractivity contribution in [3.63, 3.8) is 0 Å². The molecule has 0 aliphatic rings. The molecule has 3 N–H and O–H groups in total. The predicted octanol–water partition coefficient (Wildman–Crippen LogP) is 1.82. The number of halogens is 1. The average molecular weight is 342 g/mol. The third-order valence-corrected chi connectivity index (χ3v) is 3.42. The SMILES string of the molecule is CCNC(=O)CNC(=O)N[C@@H](C)Cc1ccccc1Br. The van der Waals surface area contributed by atoms with Crippen LogP contribution in [0.5, 0.6) is 0 Å². The Morgan fingerprint density at radius 3 is 2.60 bits per heavy atom. The summed E-state index contributed by atoms with van der Waals surface area (Å²) in [6.45, 7) is 4.30. The van der Waals surface area contributed by atoms with Gasteiger partial charge < -0.3 is 16.0 Å². The van der Waals surface area contributed by atoms with Crippen molar-refractivity contribution in [1.29, 1.82) is 0 Å². The summed E-state index contributed by atoms with van der Waals surface area (Å²) < 4.78 is 1.02. The van der Waals surface area contributed by atoms with E-state index in [0.29, 0.717) is 6.54 Å². The van der Waals surface area contributed by atoms with Gasteiger partial charge in [0.15, 0.2) is 0 Å². The molecule has 6 heteroatoms. The molecule has 1 rings (SSSR count). The van der Waals surface area contributed by atoms with Gasteiger partial charge in [-0.15, -0.1) is 0 Å². The Balaban J connectivity index is 2.35. The first-order valence-electron chi connectivity index (χ1n) is 6.57. The Morgan fingerprint density at radius 2 is 1.95 bits per heavy atom. The lowest BCUT2D eigenvalue weighted by Crippen LogP contribution is -2.45. The highest BCUT2D eigenvalue weighted by Gasteiger charge is 2.10. The van der Waals surface area contributed by atoms with Gasteiger partial charge in [-0.2, -0.15) is 0 Å². The van der Waals surface area contributed by atoms with E-state index in [1.807, 2.05) is 38.1 Å². The highest BCUT2D eigenvalue weighted by atomic mass is 79.9. The van der Waals surface area contributed by atoms with Gasteiger partial charge in [-0.05, 0) is 31.9 Å². The van der Waals surface area contributed by atoms with Gasteiger partial charge in [-0.3, -0.25) is 4.79 Å². The van der Waals surface area contributed by atoms with Gasteiger partial charge in [0.05, 0.1) is 6.54 Å². The number of carbonyl (C=O) groups is 2. The van der Waals surface area contributed by atoms with Crippen molar-refractivity contribution < 1.29 is 9.59 Å². The third kappa shape index (κ3) is 6.06. The van der Waals surface area contributed by atoms with Crippen LogP contribution in [0.4, 0.5) is 4.79 Å². The number of nitrogens with one attached hydrogen (secondary N) is 3. The third-order valence-electron chi connectivity index (χ3n) is 2.64. The van der Waals surface area contributed by atoms with E-state index in [9.17, 15) is 9.59 Å². The molecule has 0 unspecified atom stereocenters. The zero-order chi connectivity index (χ0) is 15.0. The normalized spacial score (nSPS) is 11.6. The number of hydrogen-bond donors (Lipinski definition) is 3. The molecular weight excluding hydrogens is 322 g/mol. The molecule has 0 saturated carbocycles. The maximum Gasteiger partial charge on any atom is 0.315 e. The predicted molar refractivity (Wildman–Crippen MR) is 82.5 cm³/mol. The molecule has 20 heavy (non-hydrogen) atoms. The topological polar surface area (TPSA) is 70.2 Å². The summed E-state index contributed by atoms with van der Waals surface area (Å²) in [5.41, 5.74) is 1.13. The van der Waals surface area contributed by atoms with Crippen LogP contribution in [0, 0.1) is 0 Å². The lowest BCUT2D eigenvalue weighted by molar-refractivity contribution is -0.119. The molecule has 0 saturated heterocycles. The van der Waals surface area contributed by atoms with E-state index in [2.05, 4.69) is 31.9 Å². The number of likely N-dealkylation sites (N-methyl/N-ethyl adjacent to an activating group) is 1. The zero-order valence-corrected chi connectivity index (χ0v) is 13.3. The lowest BCUT2D eigenvalue weighted by atomic mass is 10.1. The zero-order valence-electron chi connectivity index (χ0n) is 11.7. The van der Waals surface area contributed by atoms with Crippen LogP contribution in [0.3, 0.4) is 0 Å². The molecule has 0 aliphatic heterocycles. The van der Waals surface area contributed by atoms with Crippen molar-refractivity contribution in [1.82, 2.24) is 16.0 Å². The van der Waals surface area contributed by atoms with Crippen molar-refractivity contribution in [3.8, 4) is 0 Å². The fourth-order valence-electron chi connectivity index (χ4n) is 1.74. The first-order chi connectivity index (χ1) is 9.52. The van der Waals surface area contributed by atoms with Crippen LogP contribution < -0.4 is 16.0 Å². The molecule has 0 radical (unpaired) electrons. The van der Waals surface area contributed by atoms with Crippen LogP contribution in [-0.2, 0) is 11.2 Å². The molecule has 5 nitrogen and oxygen atoms in total. The van der Waals surface area contributed by atoms with Crippen LogP contribution in [0.15, 0.2) is 28.7 Å². The van der Waals surface area contributed by atoms with Crippen LogP contribution in [0.2, 0.25) is 0 Å². The minimum atomic E-state index is -0.337. The van der Waals surface area contributed by atoms with E-state index < -0.39 is 0 Å². The van der Waals surface area contributed by atoms with Crippen LogP contribution >= 0.6 is 15.9 Å². The summed E-state index contributed by atoms with van der Waals surface area (Å²) in [6, 6.07) is 7.53. The van der Waals surface area contributed by atoms with E-state index in [4.69, 9.17) is 0 Å². The number of carbonyl (C=O) groups excluding carboxylic acids is 2. The fourth-order valence-corrected chi connectivity index (χ4v) is 2.19. The molecule has 0 bridgehead atoms. The van der Waals surface area contributed by atoms with Crippen molar-refractivity contribution in [2.75, 3.05) is 13.1 Å². The second-order valence-electron chi connectivity index (χ2n) is 4.48. The number of rotatable bonds is 6. The molecule has 1 aromatic carbocycles. The summed E-state index contributed by atoms with van der Waals surface area (Å²) in [7, 11) is 0. The quantitative estimate of drug-likeness (QED) is 0.738. The second-order valence-corrected chi connectivity index (χ2v) is 5.33. The van der Waals surface area contributed by atoms with Crippen molar-refractivity contribution in [3.05, 3.63) is 34.3 Å². The number of benzene rings is 1. The molecule has 1 atom stereocenters. The molecule has 0 heterocycles. The van der Waals surface area contributed by atoms with Crippen LogP contribution in [-0.4, -0.2) is 31.1 Å². The summed E-state index contributed by atoms with van der Waals surface area (Å²) in [4.78, 5) is 22.8. The van der Waals surface area contributed by atoms with Gasteiger partial charge in [0, 0.05) is 17.1 Å². The molecular formula is C14H20BrN3O2. The Bertz CT molecular complexity index is 465. The Morgan fingerprint density at radius 1 is 1.25 bits per heavy atom. The molecule has 1 aromatic rings. The summed E-state index contributed by atoms with van der Waals surface area (Å²) in [6.07, 6.45) is 0.718. The van der Waals surface area contributed by atoms with Crippen molar-refractivity contribution in [2.24, 2.45) is 0 Å². The number of hydrogen-bond acceptors (Lipinski definition) is 2. The molecule has 3 amide bonds. The molecule has 0 aliphatic carbocycles. The van der Waals surface area contributed by atoms with Crippen LogP contribution in [0.25, 0.3) is 0 Å². The van der Waals surface area contributed by atoms with Gasteiger partial charge in [-0.1, -0.05) is 34.1 Å². The highest BCUT2D eigenvalue weighted by Crippen LogP contribution is 2.17. The lowest BCUT2D eigenvalue weighted by Gasteiger charge is -2.15. The van der Waals surface area contributed by atoms with Gasteiger partial charge in [-0.25, -0.2) is 4.79 Å². The average Bonchev–Trinajstić information content (AvgIpc) is 2.39. The fraction of sp³-hybridized carbons (Fsp3) is 0.429. The van der Waals surface area contributed by atoms with Crippen molar-refractivity contribution >= 4 is 27.9 Å². The Hall–Kier alpha value is -1.56. The minimum Gasteiger partial charge on any atom is -0.355 e. The van der Waals surface area contributed by atoms with E-state index in [1.165, 1.54) is 0 Å². The van der Waals surface area contributed by atoms with E-state index >= 15 is 0 Å². The van der Waals surface area contributed by atoms with Crippen molar-refractivity contribution in [2.45, 2.75) is 26.3 Å². The number of urea groups is 1. The Labute approximate surface area is 127 Å². The van der Waals surface area contributed by atoms with Crippen LogP contribution in [0.1, 0.15) is 19.4 Å². The highest BCUT2D eigenvalue weighted by molar-refractivity contribution is 9.10. The summed E-state index contributed by atoms with van der Waals surface area (Å²) >= 11 is 3.48. The summed E-state index contributed by atoms with van der Waals surface area (Å²) in [5, 5.41) is 7.94. The molecule has 0 aromatic heterocycles. The molecule has 0 spiro atoms. The first-order valence-corrected chi connectivity index (χ1v) is 7.36. The van der Waals surface area contributed by atoms with E-state index in [0.717, 1.165) is 16.5 Å². The maximum absolute atomic E-state index is 11.6. The molecule has 0 fully saturated rings. The first kappa shape index (κ1) is 16.5. The smallest absolute Gasteiger partial charge is 0.315 e. The van der Waals surface area contributed by atoms with E-state index in [1.54, 1.807) is 0 Å². The number of amides is 3. The van der Waals surface area contributed by atoms with Gasteiger partial charge >= 0.3 is 6.03 Å². The van der Waals surface area contributed by atoms with Gasteiger partial charge in [0.1, 0.15) is 0 Å². The monoisotopic (exact) mass is 341 g/mol. The minimum absolute atomic E-state index is 0.0125. The molecule has 110 valence electrons.